The minimum Gasteiger partial charge on any atom is -0.342 e. The number of hydrogen-bond donors (Lipinski definition) is 4. The number of rotatable bonds is 25. The molecule has 0 bridgehead atoms. The highest BCUT2D eigenvalue weighted by Gasteiger charge is 2.42. The topological polar surface area (TPSA) is 163 Å². The Bertz CT molecular complexity index is 1870. The van der Waals surface area contributed by atoms with Gasteiger partial charge >= 0.3 is 0 Å². The molecule has 0 radical (unpaired) electrons. The molecule has 1 aromatic rings. The summed E-state index contributed by atoms with van der Waals surface area (Å²) in [5, 5.41) is 12.0. The minimum absolute atomic E-state index is 0.0786. The second-order valence-corrected chi connectivity index (χ2v) is 21.7. The smallest absolute Gasteiger partial charge is 0.246 e. The van der Waals surface area contributed by atoms with Crippen LogP contribution >= 0.6 is 0 Å². The molecule has 3 aliphatic rings. The van der Waals surface area contributed by atoms with Gasteiger partial charge in [0.05, 0.1) is 12.1 Å². The van der Waals surface area contributed by atoms with Crippen molar-refractivity contribution in [1.82, 2.24) is 40.9 Å². The van der Waals surface area contributed by atoms with E-state index in [0.717, 1.165) is 88.2 Å². The summed E-state index contributed by atoms with van der Waals surface area (Å²) in [7, 11) is 3.45. The summed E-state index contributed by atoms with van der Waals surface area (Å²) < 4.78 is 0. The number of likely N-dealkylation sites (tertiary alicyclic amines) is 2. The first-order chi connectivity index (χ1) is 32.2. The lowest BCUT2D eigenvalue weighted by Gasteiger charge is -2.37. The Balaban J connectivity index is 1.30. The Morgan fingerprint density at radius 1 is 0.632 bits per heavy atom. The van der Waals surface area contributed by atoms with E-state index in [-0.39, 0.29) is 47.5 Å². The van der Waals surface area contributed by atoms with Crippen molar-refractivity contribution < 1.29 is 28.8 Å². The largest absolute Gasteiger partial charge is 0.342 e. The Labute approximate surface area is 409 Å². The first-order valence-electron chi connectivity index (χ1n) is 25.8. The second-order valence-electron chi connectivity index (χ2n) is 21.7. The van der Waals surface area contributed by atoms with Crippen molar-refractivity contribution in [3.05, 3.63) is 59.7 Å². The van der Waals surface area contributed by atoms with Crippen LogP contribution in [0, 0.1) is 10.8 Å². The fraction of sp³-hybridized carbons (Fsp3) is 0.704. The van der Waals surface area contributed by atoms with Crippen LogP contribution in [-0.2, 0) is 35.3 Å². The monoisotopic (exact) mass is 945 g/mol. The van der Waals surface area contributed by atoms with Gasteiger partial charge in [0, 0.05) is 64.2 Å². The van der Waals surface area contributed by atoms with Gasteiger partial charge in [-0.05, 0) is 101 Å². The van der Waals surface area contributed by atoms with Crippen molar-refractivity contribution in [1.29, 1.82) is 0 Å². The van der Waals surface area contributed by atoms with Crippen LogP contribution in [0.3, 0.4) is 0 Å². The number of nitrogens with one attached hydrogen (secondary N) is 4. The summed E-state index contributed by atoms with van der Waals surface area (Å²) in [4.78, 5) is 89.9. The molecule has 2 aliphatic heterocycles. The molecule has 14 nitrogen and oxygen atoms in total. The Hall–Kier alpha value is -4.56. The summed E-state index contributed by atoms with van der Waals surface area (Å²) in [6.07, 6.45) is 17.9. The molecule has 4 N–H and O–H groups in total. The van der Waals surface area contributed by atoms with Crippen LogP contribution in [0.25, 0.3) is 0 Å². The van der Waals surface area contributed by atoms with Gasteiger partial charge in [0.15, 0.2) is 0 Å². The number of nitrogens with zero attached hydrogens (tertiary/aromatic N) is 4. The van der Waals surface area contributed by atoms with E-state index in [1.54, 1.807) is 27.9 Å². The average Bonchev–Trinajstić information content (AvgIpc) is 3.98. The minimum atomic E-state index is -0.694. The lowest BCUT2D eigenvalue weighted by atomic mass is 9.85. The third kappa shape index (κ3) is 17.1. The Morgan fingerprint density at radius 3 is 1.49 bits per heavy atom. The van der Waals surface area contributed by atoms with Crippen LogP contribution in [-0.4, -0.2) is 138 Å². The lowest BCUT2D eigenvalue weighted by Crippen LogP contribution is -2.59. The van der Waals surface area contributed by atoms with Crippen molar-refractivity contribution >= 4 is 35.4 Å². The highest BCUT2D eigenvalue weighted by Crippen LogP contribution is 2.29. The van der Waals surface area contributed by atoms with E-state index in [1.807, 2.05) is 91.5 Å². The predicted octanol–water partition coefficient (Wildman–Crippen LogP) is 6.50. The molecule has 0 aromatic heterocycles. The molecule has 1 aliphatic carbocycles. The summed E-state index contributed by atoms with van der Waals surface area (Å²) in [6, 6.07) is 7.49. The molecule has 0 unspecified atom stereocenters. The second kappa shape index (κ2) is 27.0. The van der Waals surface area contributed by atoms with Crippen LogP contribution in [0.4, 0.5) is 0 Å². The maximum atomic E-state index is 14.2. The molecule has 0 spiro atoms. The van der Waals surface area contributed by atoms with Crippen LogP contribution in [0.15, 0.2) is 54.1 Å². The Kier molecular flexibility index (Phi) is 22.2. The van der Waals surface area contributed by atoms with Crippen LogP contribution in [0.1, 0.15) is 151 Å². The van der Waals surface area contributed by atoms with E-state index in [0.29, 0.717) is 52.1 Å². The van der Waals surface area contributed by atoms with E-state index < -0.39 is 35.0 Å². The molecule has 2 saturated heterocycles. The van der Waals surface area contributed by atoms with Crippen LogP contribution < -0.4 is 21.3 Å². The van der Waals surface area contributed by atoms with Gasteiger partial charge in [0.2, 0.25) is 35.4 Å². The van der Waals surface area contributed by atoms with Crippen molar-refractivity contribution in [3.63, 3.8) is 0 Å². The maximum absolute atomic E-state index is 14.2. The predicted molar refractivity (Wildman–Crippen MR) is 271 cm³/mol. The molecular weight excluding hydrogens is 857 g/mol. The normalized spacial score (nSPS) is 19.2. The number of carbonyl (C=O) groups excluding carboxylic acids is 6. The Morgan fingerprint density at radius 2 is 1.07 bits per heavy atom. The van der Waals surface area contributed by atoms with E-state index in [2.05, 4.69) is 39.5 Å². The standard InChI is InChI=1S/C54H88N8O6/c1-39(55-9)49(65)57-47(53(3,4)5)51(67)61-33-23-29-43(61)37-59(35-41-25-17-15-18-26-41)45(63)31-21-13-11-12-14-22-32-46(64)60(36-42-27-19-16-20-28-42)38-44-30-24-34-62(44)52(68)48(54(6,7)8)58-50(66)40(2)56-10/h15,17-19,25-28,39-40,43-44,47-48,55-56H,11-14,16,20-24,29-38H2,1-10H3,(H,57,65)(H,58,66)/t39-,40-,43-,44-,47+,48+/m0/s1. The molecule has 6 amide bonds. The number of benzene rings is 1. The lowest BCUT2D eigenvalue weighted by molar-refractivity contribution is -0.142. The number of carbonyl (C=O) groups is 6. The van der Waals surface area contributed by atoms with E-state index >= 15 is 0 Å². The highest BCUT2D eigenvalue weighted by molar-refractivity contribution is 5.91. The molecule has 6 atom stereocenters. The van der Waals surface area contributed by atoms with Gasteiger partial charge < -0.3 is 40.9 Å². The fourth-order valence-electron chi connectivity index (χ4n) is 9.46. The summed E-state index contributed by atoms with van der Waals surface area (Å²) in [5.74, 6) is -0.443. The molecule has 2 heterocycles. The van der Waals surface area contributed by atoms with Crippen molar-refractivity contribution in [2.75, 3.05) is 46.8 Å². The van der Waals surface area contributed by atoms with Gasteiger partial charge in [-0.3, -0.25) is 28.8 Å². The molecule has 380 valence electrons. The van der Waals surface area contributed by atoms with Crippen LogP contribution in [0.5, 0.6) is 0 Å². The number of hydrogen-bond acceptors (Lipinski definition) is 8. The molecule has 14 heteroatoms. The first-order valence-corrected chi connectivity index (χ1v) is 25.8. The summed E-state index contributed by atoms with van der Waals surface area (Å²) >= 11 is 0. The zero-order valence-corrected chi connectivity index (χ0v) is 43.5. The number of allylic oxidation sites excluding steroid dienone is 2. The molecule has 1 aromatic carbocycles. The number of unbranched alkanes of at least 4 members (excludes halogenated alkanes) is 5. The summed E-state index contributed by atoms with van der Waals surface area (Å²) in [5.41, 5.74) is 1.17. The van der Waals surface area contributed by atoms with E-state index in [4.69, 9.17) is 0 Å². The van der Waals surface area contributed by atoms with Crippen molar-refractivity contribution in [2.24, 2.45) is 10.8 Å². The molecule has 68 heavy (non-hydrogen) atoms. The fourth-order valence-corrected chi connectivity index (χ4v) is 9.46. The highest BCUT2D eigenvalue weighted by atomic mass is 16.2. The molecule has 4 rings (SSSR count). The van der Waals surface area contributed by atoms with Gasteiger partial charge in [0.1, 0.15) is 12.1 Å². The van der Waals surface area contributed by atoms with Crippen molar-refractivity contribution in [2.45, 2.75) is 188 Å². The average molecular weight is 945 g/mol. The molecule has 0 saturated carbocycles. The van der Waals surface area contributed by atoms with Gasteiger partial charge in [0.25, 0.3) is 0 Å². The quantitative estimate of drug-likeness (QED) is 0.0808. The SMILES string of the molecule is CN[C@@H](C)C(=O)N[C@H](C(=O)N1CCC[C@H]1CN(CC1=CCCC=C1)C(=O)CCCCCCCCC(=O)N(Cc1ccccc1)C[C@@H]1CCCN1C(=O)[C@@H](NC(=O)[C@H](C)NC)C(C)(C)C)C(C)(C)C. The van der Waals surface area contributed by atoms with Gasteiger partial charge in [-0.25, -0.2) is 0 Å². The van der Waals surface area contributed by atoms with E-state index in [1.165, 1.54) is 0 Å². The van der Waals surface area contributed by atoms with Gasteiger partial charge in [-0.15, -0.1) is 0 Å². The van der Waals surface area contributed by atoms with E-state index in [9.17, 15) is 28.8 Å². The zero-order valence-electron chi connectivity index (χ0n) is 43.5. The third-order valence-corrected chi connectivity index (χ3v) is 14.0. The third-order valence-electron chi connectivity index (χ3n) is 14.0. The summed E-state index contributed by atoms with van der Waals surface area (Å²) in [6.45, 7) is 18.5. The zero-order chi connectivity index (χ0) is 50.0. The first kappa shape index (κ1) is 56.0. The molecular formula is C54H88N8O6. The molecule has 2 fully saturated rings. The van der Waals surface area contributed by atoms with Crippen LogP contribution in [0.2, 0.25) is 0 Å². The number of likely N-dealkylation sites (N-methyl/N-ethyl adjacent to an activating group) is 2. The van der Waals surface area contributed by atoms with Crippen molar-refractivity contribution in [3.8, 4) is 0 Å². The van der Waals surface area contributed by atoms with Gasteiger partial charge in [-0.1, -0.05) is 116 Å². The van der Waals surface area contributed by atoms with Gasteiger partial charge in [-0.2, -0.15) is 0 Å². The number of amides is 6. The maximum Gasteiger partial charge on any atom is 0.246 e.